The molecule has 2 unspecified atom stereocenters. The van der Waals surface area contributed by atoms with Crippen molar-refractivity contribution in [1.29, 1.82) is 0 Å². The number of fused-ring (bicyclic) bond motifs is 2. The summed E-state index contributed by atoms with van der Waals surface area (Å²) in [6.07, 6.45) is 3.82. The van der Waals surface area contributed by atoms with Crippen molar-refractivity contribution in [3.63, 3.8) is 0 Å². The van der Waals surface area contributed by atoms with Crippen LogP contribution < -0.4 is 9.80 Å². The molecule has 2 aromatic heterocycles. The standard InChI is InChI=1S/C20H20N4/c1-2-6-18-17(5-1)19(8-10-21-18)23-11-15-13-24(14-16(15)12-23)20-7-3-4-9-22-20/h1-10,15-16H,11-14H2. The average Bonchev–Trinajstić information content (AvgIpc) is 3.21. The van der Waals surface area contributed by atoms with E-state index in [9.17, 15) is 0 Å². The van der Waals surface area contributed by atoms with Crippen LogP contribution in [-0.4, -0.2) is 36.1 Å². The Balaban J connectivity index is 1.38. The number of para-hydroxylation sites is 1. The van der Waals surface area contributed by atoms with E-state index in [1.165, 1.54) is 11.1 Å². The second-order valence-electron chi connectivity index (χ2n) is 6.87. The van der Waals surface area contributed by atoms with E-state index in [1.54, 1.807) is 0 Å². The summed E-state index contributed by atoms with van der Waals surface area (Å²) in [4.78, 5) is 14.0. The number of aromatic nitrogens is 2. The van der Waals surface area contributed by atoms with Gasteiger partial charge in [-0.15, -0.1) is 0 Å². The zero-order valence-corrected chi connectivity index (χ0v) is 13.5. The SMILES string of the molecule is c1ccc(N2CC3CN(c4ccnc5ccccc45)CC3C2)nc1. The van der Waals surface area contributed by atoms with Crippen LogP contribution in [0.1, 0.15) is 0 Å². The first-order valence-electron chi connectivity index (χ1n) is 8.63. The van der Waals surface area contributed by atoms with Gasteiger partial charge in [-0.05, 0) is 24.3 Å². The summed E-state index contributed by atoms with van der Waals surface area (Å²) in [5.74, 6) is 2.56. The van der Waals surface area contributed by atoms with Crippen LogP contribution >= 0.6 is 0 Å². The van der Waals surface area contributed by atoms with Gasteiger partial charge in [0.15, 0.2) is 0 Å². The Kier molecular flexibility index (Phi) is 3.15. The smallest absolute Gasteiger partial charge is 0.128 e. The highest BCUT2D eigenvalue weighted by Crippen LogP contribution is 2.37. The number of rotatable bonds is 2. The van der Waals surface area contributed by atoms with E-state index in [0.29, 0.717) is 0 Å². The Morgan fingerprint density at radius 3 is 2.25 bits per heavy atom. The molecule has 3 aromatic rings. The van der Waals surface area contributed by atoms with Crippen LogP contribution in [0.3, 0.4) is 0 Å². The van der Waals surface area contributed by atoms with Crippen LogP contribution in [0.15, 0.2) is 60.9 Å². The first kappa shape index (κ1) is 13.8. The Bertz CT molecular complexity index is 844. The van der Waals surface area contributed by atoms with Crippen LogP contribution in [0.25, 0.3) is 10.9 Å². The minimum Gasteiger partial charge on any atom is -0.370 e. The molecule has 0 spiro atoms. The Morgan fingerprint density at radius 2 is 1.46 bits per heavy atom. The fraction of sp³-hybridized carbons (Fsp3) is 0.300. The highest BCUT2D eigenvalue weighted by Gasteiger charge is 2.40. The molecule has 24 heavy (non-hydrogen) atoms. The van der Waals surface area contributed by atoms with Crippen LogP contribution in [0, 0.1) is 11.8 Å². The lowest BCUT2D eigenvalue weighted by Crippen LogP contribution is -2.29. The van der Waals surface area contributed by atoms with Gasteiger partial charge in [0.2, 0.25) is 0 Å². The monoisotopic (exact) mass is 316 g/mol. The lowest BCUT2D eigenvalue weighted by atomic mass is 10.0. The van der Waals surface area contributed by atoms with Crippen molar-refractivity contribution >= 4 is 22.4 Å². The zero-order chi connectivity index (χ0) is 15.9. The summed E-state index contributed by atoms with van der Waals surface area (Å²) in [6, 6.07) is 16.8. The number of pyridine rings is 2. The lowest BCUT2D eigenvalue weighted by Gasteiger charge is -2.24. The molecular weight excluding hydrogens is 296 g/mol. The molecule has 0 radical (unpaired) electrons. The highest BCUT2D eigenvalue weighted by molar-refractivity contribution is 5.91. The topological polar surface area (TPSA) is 32.3 Å². The molecule has 0 bridgehead atoms. The minimum absolute atomic E-state index is 0.721. The van der Waals surface area contributed by atoms with E-state index in [1.807, 2.05) is 18.5 Å². The first-order chi connectivity index (χ1) is 11.9. The molecule has 2 saturated heterocycles. The van der Waals surface area contributed by atoms with Crippen LogP contribution in [-0.2, 0) is 0 Å². The van der Waals surface area contributed by atoms with Gasteiger partial charge in [0, 0.05) is 61.5 Å². The number of benzene rings is 1. The van der Waals surface area contributed by atoms with Gasteiger partial charge in [-0.25, -0.2) is 4.98 Å². The van der Waals surface area contributed by atoms with Crippen LogP contribution in [0.5, 0.6) is 0 Å². The fourth-order valence-electron chi connectivity index (χ4n) is 4.27. The molecule has 0 saturated carbocycles. The summed E-state index contributed by atoms with van der Waals surface area (Å²) < 4.78 is 0. The molecule has 0 aliphatic carbocycles. The number of hydrogen-bond donors (Lipinski definition) is 0. The third-order valence-electron chi connectivity index (χ3n) is 5.43. The largest absolute Gasteiger partial charge is 0.370 e. The summed E-state index contributed by atoms with van der Waals surface area (Å²) in [7, 11) is 0. The van der Waals surface area contributed by atoms with Crippen molar-refractivity contribution in [3.05, 3.63) is 60.9 Å². The van der Waals surface area contributed by atoms with E-state index in [-0.39, 0.29) is 0 Å². The van der Waals surface area contributed by atoms with Crippen molar-refractivity contribution in [2.45, 2.75) is 0 Å². The molecule has 4 heteroatoms. The maximum atomic E-state index is 4.51. The van der Waals surface area contributed by atoms with Gasteiger partial charge in [-0.1, -0.05) is 24.3 Å². The van der Waals surface area contributed by atoms with Crippen molar-refractivity contribution in [2.75, 3.05) is 36.0 Å². The molecule has 2 aliphatic heterocycles. The predicted molar refractivity (Wildman–Crippen MR) is 97.4 cm³/mol. The second-order valence-corrected chi connectivity index (χ2v) is 6.87. The van der Waals surface area contributed by atoms with E-state index < -0.39 is 0 Å². The highest BCUT2D eigenvalue weighted by atomic mass is 15.3. The van der Waals surface area contributed by atoms with E-state index >= 15 is 0 Å². The van der Waals surface area contributed by atoms with Gasteiger partial charge in [-0.3, -0.25) is 4.98 Å². The molecule has 2 atom stereocenters. The third-order valence-corrected chi connectivity index (χ3v) is 5.43. The van der Waals surface area contributed by atoms with E-state index in [0.717, 1.165) is 49.3 Å². The van der Waals surface area contributed by atoms with Crippen molar-refractivity contribution < 1.29 is 0 Å². The van der Waals surface area contributed by atoms with Crippen molar-refractivity contribution in [1.82, 2.24) is 9.97 Å². The van der Waals surface area contributed by atoms with Gasteiger partial charge in [0.1, 0.15) is 5.82 Å². The van der Waals surface area contributed by atoms with Crippen LogP contribution in [0.4, 0.5) is 11.5 Å². The van der Waals surface area contributed by atoms with Gasteiger partial charge >= 0.3 is 0 Å². The van der Waals surface area contributed by atoms with Gasteiger partial charge in [0.05, 0.1) is 5.52 Å². The van der Waals surface area contributed by atoms with E-state index in [2.05, 4.69) is 62.2 Å². The molecule has 1 aromatic carbocycles. The summed E-state index contributed by atoms with van der Waals surface area (Å²) >= 11 is 0. The molecule has 120 valence electrons. The maximum Gasteiger partial charge on any atom is 0.128 e. The summed E-state index contributed by atoms with van der Waals surface area (Å²) in [5.41, 5.74) is 2.42. The maximum absolute atomic E-state index is 4.51. The predicted octanol–water partition coefficient (Wildman–Crippen LogP) is 3.20. The van der Waals surface area contributed by atoms with Gasteiger partial charge < -0.3 is 9.80 Å². The molecule has 4 heterocycles. The Labute approximate surface area is 141 Å². The zero-order valence-electron chi connectivity index (χ0n) is 13.5. The second kappa shape index (κ2) is 5.48. The average molecular weight is 316 g/mol. The number of anilines is 2. The lowest BCUT2D eigenvalue weighted by molar-refractivity contribution is 0.533. The van der Waals surface area contributed by atoms with Crippen molar-refractivity contribution in [2.24, 2.45) is 11.8 Å². The number of hydrogen-bond acceptors (Lipinski definition) is 4. The molecule has 0 N–H and O–H groups in total. The van der Waals surface area contributed by atoms with Crippen molar-refractivity contribution in [3.8, 4) is 0 Å². The summed E-state index contributed by atoms with van der Waals surface area (Å²) in [6.45, 7) is 4.48. The molecular formula is C20H20N4. The third kappa shape index (κ3) is 2.21. The van der Waals surface area contributed by atoms with Gasteiger partial charge in [-0.2, -0.15) is 0 Å². The molecule has 5 rings (SSSR count). The van der Waals surface area contributed by atoms with Gasteiger partial charge in [0.25, 0.3) is 0 Å². The minimum atomic E-state index is 0.721. The Morgan fingerprint density at radius 1 is 0.708 bits per heavy atom. The van der Waals surface area contributed by atoms with Crippen LogP contribution in [0.2, 0.25) is 0 Å². The quantitative estimate of drug-likeness (QED) is 0.727. The first-order valence-corrected chi connectivity index (χ1v) is 8.63. The normalized spacial score (nSPS) is 23.0. The molecule has 2 aliphatic rings. The summed E-state index contributed by atoms with van der Waals surface area (Å²) in [5, 5.41) is 1.27. The molecule has 2 fully saturated rings. The Hall–Kier alpha value is -2.62. The fourth-order valence-corrected chi connectivity index (χ4v) is 4.27. The van der Waals surface area contributed by atoms with E-state index in [4.69, 9.17) is 0 Å². The number of nitrogens with zero attached hydrogens (tertiary/aromatic N) is 4. The molecule has 4 nitrogen and oxygen atoms in total. The molecule has 0 amide bonds.